The van der Waals surface area contributed by atoms with E-state index in [9.17, 15) is 13.6 Å². The van der Waals surface area contributed by atoms with Gasteiger partial charge in [0.15, 0.2) is 0 Å². The number of carbonyl (C=O) groups excluding carboxylic acids is 1. The van der Waals surface area contributed by atoms with Crippen LogP contribution in [0, 0.1) is 18.6 Å². The van der Waals surface area contributed by atoms with Gasteiger partial charge in [0.05, 0.1) is 6.54 Å². The highest BCUT2D eigenvalue weighted by atomic mass is 35.5. The highest BCUT2D eigenvalue weighted by Gasteiger charge is 2.34. The molecule has 0 N–H and O–H groups in total. The summed E-state index contributed by atoms with van der Waals surface area (Å²) in [6, 6.07) is 2.10. The van der Waals surface area contributed by atoms with Crippen LogP contribution in [0.1, 0.15) is 29.7 Å². The number of hydrogen-bond donors (Lipinski definition) is 0. The van der Waals surface area contributed by atoms with Gasteiger partial charge in [-0.25, -0.2) is 8.78 Å². The van der Waals surface area contributed by atoms with Gasteiger partial charge in [-0.2, -0.15) is 0 Å². The number of rotatable bonds is 3. The summed E-state index contributed by atoms with van der Waals surface area (Å²) in [5.74, 6) is -1.56. The van der Waals surface area contributed by atoms with Gasteiger partial charge in [-0.05, 0) is 12.1 Å². The van der Waals surface area contributed by atoms with Crippen molar-refractivity contribution in [2.24, 2.45) is 0 Å². The topological polar surface area (TPSA) is 59.2 Å². The molecule has 1 fully saturated rings. The molecule has 1 atom stereocenters. The number of benzene rings is 1. The minimum atomic E-state index is -0.738. The lowest BCUT2D eigenvalue weighted by Gasteiger charge is -2.15. The van der Waals surface area contributed by atoms with Crippen molar-refractivity contribution in [1.82, 2.24) is 15.1 Å². The Morgan fingerprint density at radius 1 is 1.36 bits per heavy atom. The van der Waals surface area contributed by atoms with Crippen molar-refractivity contribution in [3.63, 3.8) is 0 Å². The molecule has 0 bridgehead atoms. The molecule has 0 radical (unpaired) electrons. The van der Waals surface area contributed by atoms with Crippen LogP contribution in [0.15, 0.2) is 16.5 Å². The van der Waals surface area contributed by atoms with E-state index in [0.29, 0.717) is 11.8 Å². The Morgan fingerprint density at radius 3 is 2.64 bits per heavy atom. The third kappa shape index (κ3) is 2.81. The van der Waals surface area contributed by atoms with Crippen LogP contribution in [0.4, 0.5) is 8.78 Å². The molecule has 0 unspecified atom stereocenters. The maximum Gasteiger partial charge on any atom is 0.235 e. The molecule has 116 valence electrons. The number of likely N-dealkylation sites (tertiary alicyclic amines) is 1. The molecule has 8 heteroatoms. The van der Waals surface area contributed by atoms with Crippen LogP contribution in [-0.4, -0.2) is 27.5 Å². The van der Waals surface area contributed by atoms with E-state index in [1.54, 1.807) is 6.92 Å². The van der Waals surface area contributed by atoms with Gasteiger partial charge in [-0.1, -0.05) is 11.6 Å². The Morgan fingerprint density at radius 2 is 2.05 bits per heavy atom. The highest BCUT2D eigenvalue weighted by molar-refractivity contribution is 6.30. The zero-order valence-electron chi connectivity index (χ0n) is 11.6. The van der Waals surface area contributed by atoms with Crippen LogP contribution in [0.2, 0.25) is 5.02 Å². The standard InChI is InChI=1S/C14H12ClF2N3O2/c1-7-18-19-12(22-7)6-20-5-8(2-13(20)21)14-10(16)3-9(15)4-11(14)17/h3-4,8H,2,5-6H2,1H3/t8-/m0/s1. The molecule has 0 saturated carbocycles. The number of hydrogen-bond acceptors (Lipinski definition) is 4. The number of nitrogens with zero attached hydrogens (tertiary/aromatic N) is 3. The maximum absolute atomic E-state index is 14.0. The highest BCUT2D eigenvalue weighted by Crippen LogP contribution is 2.33. The summed E-state index contributed by atoms with van der Waals surface area (Å²) in [5, 5.41) is 7.48. The fourth-order valence-corrected chi connectivity index (χ4v) is 2.82. The van der Waals surface area contributed by atoms with Crippen LogP contribution in [-0.2, 0) is 11.3 Å². The molecule has 3 rings (SSSR count). The monoisotopic (exact) mass is 327 g/mol. The number of carbonyl (C=O) groups is 1. The molecule has 5 nitrogen and oxygen atoms in total. The maximum atomic E-state index is 14.0. The first-order valence-corrected chi connectivity index (χ1v) is 7.03. The number of aromatic nitrogens is 2. The summed E-state index contributed by atoms with van der Waals surface area (Å²) in [6.07, 6.45) is 0.0303. The molecule has 1 aromatic heterocycles. The van der Waals surface area contributed by atoms with Crippen molar-refractivity contribution in [2.75, 3.05) is 6.54 Å². The third-order valence-electron chi connectivity index (χ3n) is 3.56. The van der Waals surface area contributed by atoms with Crippen molar-refractivity contribution < 1.29 is 18.0 Å². The minimum Gasteiger partial charge on any atom is -0.424 e. The average Bonchev–Trinajstić information content (AvgIpc) is 2.96. The second-order valence-corrected chi connectivity index (χ2v) is 5.61. The van der Waals surface area contributed by atoms with E-state index in [4.69, 9.17) is 16.0 Å². The Labute approximate surface area is 129 Å². The van der Waals surface area contributed by atoms with E-state index in [1.807, 2.05) is 0 Å². The largest absolute Gasteiger partial charge is 0.424 e. The van der Waals surface area contributed by atoms with Crippen LogP contribution in [0.25, 0.3) is 0 Å². The molecule has 2 aromatic rings. The Bertz CT molecular complexity index is 712. The predicted molar refractivity (Wildman–Crippen MR) is 73.2 cm³/mol. The SMILES string of the molecule is Cc1nnc(CN2C[C@@H](c3c(F)cc(Cl)cc3F)CC2=O)o1. The summed E-state index contributed by atoms with van der Waals surface area (Å²) in [6.45, 7) is 1.96. The lowest BCUT2D eigenvalue weighted by molar-refractivity contribution is -0.128. The van der Waals surface area contributed by atoms with Gasteiger partial charge >= 0.3 is 0 Å². The van der Waals surface area contributed by atoms with Crippen LogP contribution in [0.3, 0.4) is 0 Å². The quantitative estimate of drug-likeness (QED) is 0.869. The van der Waals surface area contributed by atoms with Gasteiger partial charge < -0.3 is 9.32 Å². The first kappa shape index (κ1) is 14.9. The van der Waals surface area contributed by atoms with Gasteiger partial charge in [0.25, 0.3) is 0 Å². The number of aryl methyl sites for hydroxylation is 1. The molecule has 1 saturated heterocycles. The first-order chi connectivity index (χ1) is 10.4. The van der Waals surface area contributed by atoms with Crippen molar-refractivity contribution in [3.8, 4) is 0 Å². The normalized spacial score (nSPS) is 18.3. The summed E-state index contributed by atoms with van der Waals surface area (Å²) in [5.41, 5.74) is -0.109. The average molecular weight is 328 g/mol. The lowest BCUT2D eigenvalue weighted by atomic mass is 9.97. The Balaban J connectivity index is 1.80. The summed E-state index contributed by atoms with van der Waals surface area (Å²) in [7, 11) is 0. The molecule has 0 aliphatic carbocycles. The van der Waals surface area contributed by atoms with Crippen molar-refractivity contribution >= 4 is 17.5 Å². The van der Waals surface area contributed by atoms with Crippen LogP contribution >= 0.6 is 11.6 Å². The third-order valence-corrected chi connectivity index (χ3v) is 3.78. The lowest BCUT2D eigenvalue weighted by Crippen LogP contribution is -2.24. The van der Waals surface area contributed by atoms with E-state index in [1.165, 1.54) is 4.90 Å². The van der Waals surface area contributed by atoms with Gasteiger partial charge in [0.1, 0.15) is 11.6 Å². The van der Waals surface area contributed by atoms with Gasteiger partial charge in [0, 0.05) is 36.4 Å². The molecule has 1 amide bonds. The van der Waals surface area contributed by atoms with Gasteiger partial charge in [-0.15, -0.1) is 10.2 Å². The first-order valence-electron chi connectivity index (χ1n) is 6.65. The van der Waals surface area contributed by atoms with Crippen LogP contribution in [0.5, 0.6) is 0 Å². The molecule has 1 aliphatic rings. The molecule has 0 spiro atoms. The second-order valence-electron chi connectivity index (χ2n) is 5.17. The molecule has 2 heterocycles. The fraction of sp³-hybridized carbons (Fsp3) is 0.357. The predicted octanol–water partition coefficient (Wildman–Crippen LogP) is 2.83. The van der Waals surface area contributed by atoms with E-state index >= 15 is 0 Å². The number of halogens is 3. The van der Waals surface area contributed by atoms with Crippen LogP contribution < -0.4 is 0 Å². The Kier molecular flexibility index (Phi) is 3.82. The minimum absolute atomic E-state index is 0.0127. The van der Waals surface area contributed by atoms with Crippen molar-refractivity contribution in [2.45, 2.75) is 25.8 Å². The molecular formula is C14H12ClF2N3O2. The number of amides is 1. The molecule has 1 aliphatic heterocycles. The van der Waals surface area contributed by atoms with E-state index in [-0.39, 0.29) is 36.0 Å². The van der Waals surface area contributed by atoms with E-state index in [2.05, 4.69) is 10.2 Å². The zero-order chi connectivity index (χ0) is 15.9. The van der Waals surface area contributed by atoms with Gasteiger partial charge in [-0.3, -0.25) is 4.79 Å². The second kappa shape index (κ2) is 5.64. The summed E-state index contributed by atoms with van der Waals surface area (Å²) >= 11 is 5.61. The zero-order valence-corrected chi connectivity index (χ0v) is 12.4. The summed E-state index contributed by atoms with van der Waals surface area (Å²) < 4.78 is 33.1. The molecule has 22 heavy (non-hydrogen) atoms. The van der Waals surface area contributed by atoms with Crippen molar-refractivity contribution in [1.29, 1.82) is 0 Å². The Hall–Kier alpha value is -2.02. The van der Waals surface area contributed by atoms with Crippen molar-refractivity contribution in [3.05, 3.63) is 46.1 Å². The van der Waals surface area contributed by atoms with E-state index in [0.717, 1.165) is 12.1 Å². The van der Waals surface area contributed by atoms with E-state index < -0.39 is 17.6 Å². The smallest absolute Gasteiger partial charge is 0.235 e. The van der Waals surface area contributed by atoms with Gasteiger partial charge in [0.2, 0.25) is 17.7 Å². The molecule has 1 aromatic carbocycles. The summed E-state index contributed by atoms with van der Waals surface area (Å²) in [4.78, 5) is 13.5. The molecular weight excluding hydrogens is 316 g/mol. The fourth-order valence-electron chi connectivity index (χ4n) is 2.63.